The smallest absolute Gasteiger partial charge is 0.124 e. The summed E-state index contributed by atoms with van der Waals surface area (Å²) in [6, 6.07) is 5.67. The highest BCUT2D eigenvalue weighted by Gasteiger charge is 2.17. The molecule has 1 atom stereocenters. The Balaban J connectivity index is 2.08. The lowest BCUT2D eigenvalue weighted by atomic mass is 10.2. The Morgan fingerprint density at radius 2 is 2.36 bits per heavy atom. The van der Waals surface area contributed by atoms with Crippen LogP contribution in [0.5, 0.6) is 5.75 Å². The van der Waals surface area contributed by atoms with Gasteiger partial charge in [-0.3, -0.25) is 0 Å². The van der Waals surface area contributed by atoms with E-state index in [4.69, 9.17) is 21.1 Å². The Hall–Kier alpha value is -0.730. The fourth-order valence-electron chi connectivity index (χ4n) is 1.53. The average Bonchev–Trinajstić information content (AvgIpc) is 2.62. The monoisotopic (exact) mass is 212 g/mol. The van der Waals surface area contributed by atoms with Crippen LogP contribution in [0.15, 0.2) is 18.2 Å². The third-order valence-corrected chi connectivity index (χ3v) is 2.55. The summed E-state index contributed by atoms with van der Waals surface area (Å²) in [6.07, 6.45) is 1.18. The van der Waals surface area contributed by atoms with Gasteiger partial charge in [-0.25, -0.2) is 0 Å². The summed E-state index contributed by atoms with van der Waals surface area (Å²) >= 11 is 5.85. The molecule has 0 spiro atoms. The molecule has 2 nitrogen and oxygen atoms in total. The van der Waals surface area contributed by atoms with E-state index >= 15 is 0 Å². The quantitative estimate of drug-likeness (QED) is 0.751. The van der Waals surface area contributed by atoms with Gasteiger partial charge in [0.25, 0.3) is 0 Å². The zero-order valence-electron chi connectivity index (χ0n) is 8.13. The van der Waals surface area contributed by atoms with Gasteiger partial charge in [0, 0.05) is 11.4 Å². The molecule has 14 heavy (non-hydrogen) atoms. The molecule has 1 fully saturated rings. The maximum atomic E-state index is 5.85. The molecular formula is C11H13ClO2. The maximum absolute atomic E-state index is 5.85. The molecule has 0 saturated carbocycles. The highest BCUT2D eigenvalue weighted by atomic mass is 35.5. The highest BCUT2D eigenvalue weighted by molar-refractivity contribution is 6.30. The number of rotatable bonds is 2. The Morgan fingerprint density at radius 1 is 1.50 bits per heavy atom. The number of hydrogen-bond acceptors (Lipinski definition) is 2. The molecule has 0 bridgehead atoms. The van der Waals surface area contributed by atoms with E-state index in [0.29, 0.717) is 6.61 Å². The van der Waals surface area contributed by atoms with Gasteiger partial charge in [-0.15, -0.1) is 0 Å². The van der Waals surface area contributed by atoms with E-state index in [0.717, 1.165) is 29.4 Å². The standard InChI is InChI=1S/C11H13ClO2/c1-8-6-9(12)2-3-11(8)14-10-4-5-13-7-10/h2-3,6,10H,4-5,7H2,1H3. The molecule has 2 rings (SSSR count). The van der Waals surface area contributed by atoms with E-state index in [9.17, 15) is 0 Å². The van der Waals surface area contributed by atoms with Gasteiger partial charge >= 0.3 is 0 Å². The largest absolute Gasteiger partial charge is 0.488 e. The number of halogens is 1. The molecule has 0 radical (unpaired) electrons. The second kappa shape index (κ2) is 4.20. The third kappa shape index (κ3) is 2.20. The molecule has 1 unspecified atom stereocenters. The second-order valence-electron chi connectivity index (χ2n) is 3.51. The van der Waals surface area contributed by atoms with Crippen molar-refractivity contribution in [3.05, 3.63) is 28.8 Å². The zero-order chi connectivity index (χ0) is 9.97. The number of benzene rings is 1. The molecule has 1 heterocycles. The van der Waals surface area contributed by atoms with Crippen LogP contribution < -0.4 is 4.74 Å². The van der Waals surface area contributed by atoms with Gasteiger partial charge in [-0.2, -0.15) is 0 Å². The SMILES string of the molecule is Cc1cc(Cl)ccc1OC1CCOC1. The number of hydrogen-bond donors (Lipinski definition) is 0. The van der Waals surface area contributed by atoms with E-state index in [-0.39, 0.29) is 6.10 Å². The molecule has 1 aromatic rings. The molecule has 1 aliphatic heterocycles. The molecule has 1 saturated heterocycles. The van der Waals surface area contributed by atoms with E-state index in [1.165, 1.54) is 0 Å². The summed E-state index contributed by atoms with van der Waals surface area (Å²) in [5.41, 5.74) is 1.07. The van der Waals surface area contributed by atoms with Gasteiger partial charge in [0.2, 0.25) is 0 Å². The van der Waals surface area contributed by atoms with Crippen molar-refractivity contribution < 1.29 is 9.47 Å². The van der Waals surface area contributed by atoms with Crippen LogP contribution in [0, 0.1) is 6.92 Å². The van der Waals surface area contributed by atoms with Crippen LogP contribution in [0.4, 0.5) is 0 Å². The normalized spacial score (nSPS) is 21.1. The van der Waals surface area contributed by atoms with Crippen molar-refractivity contribution in [2.75, 3.05) is 13.2 Å². The second-order valence-corrected chi connectivity index (χ2v) is 3.95. The fourth-order valence-corrected chi connectivity index (χ4v) is 1.76. The topological polar surface area (TPSA) is 18.5 Å². The van der Waals surface area contributed by atoms with Crippen molar-refractivity contribution in [2.24, 2.45) is 0 Å². The summed E-state index contributed by atoms with van der Waals surface area (Å²) in [6.45, 7) is 3.50. The molecule has 76 valence electrons. The van der Waals surface area contributed by atoms with Crippen LogP contribution in [-0.2, 0) is 4.74 Å². The van der Waals surface area contributed by atoms with Crippen LogP contribution in [0.1, 0.15) is 12.0 Å². The Kier molecular flexibility index (Phi) is 2.94. The minimum Gasteiger partial charge on any atom is -0.488 e. The Morgan fingerprint density at radius 3 is 3.00 bits per heavy atom. The van der Waals surface area contributed by atoms with Crippen molar-refractivity contribution in [1.82, 2.24) is 0 Å². The molecule has 0 aliphatic carbocycles. The first-order valence-corrected chi connectivity index (χ1v) is 5.14. The number of ether oxygens (including phenoxy) is 2. The summed E-state index contributed by atoms with van der Waals surface area (Å²) in [5.74, 6) is 0.907. The summed E-state index contributed by atoms with van der Waals surface area (Å²) in [7, 11) is 0. The predicted molar refractivity (Wildman–Crippen MR) is 56.0 cm³/mol. The molecule has 1 aromatic carbocycles. The highest BCUT2D eigenvalue weighted by Crippen LogP contribution is 2.24. The maximum Gasteiger partial charge on any atom is 0.124 e. The first kappa shape index (κ1) is 9.81. The molecule has 1 aliphatic rings. The van der Waals surface area contributed by atoms with E-state index in [1.807, 2.05) is 25.1 Å². The van der Waals surface area contributed by atoms with Gasteiger partial charge < -0.3 is 9.47 Å². The Labute approximate surface area is 88.8 Å². The van der Waals surface area contributed by atoms with Gasteiger partial charge in [0.15, 0.2) is 0 Å². The van der Waals surface area contributed by atoms with Crippen molar-refractivity contribution in [2.45, 2.75) is 19.4 Å². The van der Waals surface area contributed by atoms with Crippen molar-refractivity contribution in [1.29, 1.82) is 0 Å². The minimum absolute atomic E-state index is 0.204. The molecule has 0 N–H and O–H groups in total. The average molecular weight is 213 g/mol. The van der Waals surface area contributed by atoms with Crippen LogP contribution >= 0.6 is 11.6 Å². The zero-order valence-corrected chi connectivity index (χ0v) is 8.88. The molecule has 0 amide bonds. The van der Waals surface area contributed by atoms with Gasteiger partial charge in [0.05, 0.1) is 13.2 Å². The number of aryl methyl sites for hydroxylation is 1. The van der Waals surface area contributed by atoms with E-state index in [2.05, 4.69) is 0 Å². The lowest BCUT2D eigenvalue weighted by Gasteiger charge is -2.13. The molecule has 3 heteroatoms. The molecule has 0 aromatic heterocycles. The van der Waals surface area contributed by atoms with Crippen LogP contribution in [0.2, 0.25) is 5.02 Å². The van der Waals surface area contributed by atoms with Crippen LogP contribution in [-0.4, -0.2) is 19.3 Å². The van der Waals surface area contributed by atoms with Crippen molar-refractivity contribution in [3.63, 3.8) is 0 Å². The van der Waals surface area contributed by atoms with Gasteiger partial charge in [-0.05, 0) is 30.7 Å². The van der Waals surface area contributed by atoms with E-state index < -0.39 is 0 Å². The summed E-state index contributed by atoms with van der Waals surface area (Å²) in [5, 5.41) is 0.748. The Bertz CT molecular complexity index is 319. The third-order valence-electron chi connectivity index (χ3n) is 2.32. The van der Waals surface area contributed by atoms with Gasteiger partial charge in [0.1, 0.15) is 11.9 Å². The predicted octanol–water partition coefficient (Wildman–Crippen LogP) is 2.82. The summed E-state index contributed by atoms with van der Waals surface area (Å²) in [4.78, 5) is 0. The lowest BCUT2D eigenvalue weighted by molar-refractivity contribution is 0.141. The lowest BCUT2D eigenvalue weighted by Crippen LogP contribution is -2.16. The summed E-state index contributed by atoms with van der Waals surface area (Å²) < 4.78 is 11.0. The fraction of sp³-hybridized carbons (Fsp3) is 0.455. The van der Waals surface area contributed by atoms with Crippen molar-refractivity contribution >= 4 is 11.6 Å². The van der Waals surface area contributed by atoms with E-state index in [1.54, 1.807) is 0 Å². The van der Waals surface area contributed by atoms with Gasteiger partial charge in [-0.1, -0.05) is 11.6 Å². The first-order valence-electron chi connectivity index (χ1n) is 4.76. The minimum atomic E-state index is 0.204. The first-order chi connectivity index (χ1) is 6.75. The van der Waals surface area contributed by atoms with Crippen LogP contribution in [0.25, 0.3) is 0 Å². The van der Waals surface area contributed by atoms with Crippen LogP contribution in [0.3, 0.4) is 0 Å². The van der Waals surface area contributed by atoms with Crippen molar-refractivity contribution in [3.8, 4) is 5.75 Å². The molecular weight excluding hydrogens is 200 g/mol.